The van der Waals surface area contributed by atoms with E-state index in [0.717, 1.165) is 27.8 Å². The number of nitrogens with one attached hydrogen (secondary N) is 1. The Labute approximate surface area is 165 Å². The second-order valence-corrected chi connectivity index (χ2v) is 6.81. The van der Waals surface area contributed by atoms with Gasteiger partial charge in [0.2, 0.25) is 0 Å². The standard InChI is InChI=1S/C19H17N3O5S/c1-11-7-14(28-10-20)8-12(2)18(11)21-17(23)9-27-19(24)15-5-4-6-16(13(15)3)22(25)26/h4-8H,9H2,1-3H3,(H,21,23). The van der Waals surface area contributed by atoms with E-state index in [1.807, 2.05) is 5.40 Å². The third-order valence-electron chi connectivity index (χ3n) is 3.99. The van der Waals surface area contributed by atoms with E-state index in [1.54, 1.807) is 26.0 Å². The molecule has 1 amide bonds. The van der Waals surface area contributed by atoms with Crippen LogP contribution in [0.1, 0.15) is 27.0 Å². The molecule has 28 heavy (non-hydrogen) atoms. The molecule has 0 heterocycles. The third-order valence-corrected chi connectivity index (χ3v) is 4.55. The zero-order chi connectivity index (χ0) is 20.8. The van der Waals surface area contributed by atoms with Crippen molar-refractivity contribution in [2.24, 2.45) is 0 Å². The van der Waals surface area contributed by atoms with Crippen LogP contribution in [0.5, 0.6) is 0 Å². The number of nitriles is 1. The number of thioether (sulfide) groups is 1. The van der Waals surface area contributed by atoms with Crippen LogP contribution >= 0.6 is 11.8 Å². The molecule has 144 valence electrons. The zero-order valence-corrected chi connectivity index (χ0v) is 16.3. The fourth-order valence-electron chi connectivity index (χ4n) is 2.66. The van der Waals surface area contributed by atoms with Crippen molar-refractivity contribution in [1.82, 2.24) is 0 Å². The number of hydrogen-bond donors (Lipinski definition) is 1. The van der Waals surface area contributed by atoms with Crippen molar-refractivity contribution >= 4 is 35.0 Å². The van der Waals surface area contributed by atoms with Crippen LogP contribution in [-0.4, -0.2) is 23.4 Å². The number of ether oxygens (including phenoxy) is 1. The Morgan fingerprint density at radius 3 is 2.46 bits per heavy atom. The fourth-order valence-corrected chi connectivity index (χ4v) is 3.24. The molecule has 2 aromatic rings. The van der Waals surface area contributed by atoms with Crippen LogP contribution in [0.4, 0.5) is 11.4 Å². The van der Waals surface area contributed by atoms with Crippen LogP contribution in [0.25, 0.3) is 0 Å². The van der Waals surface area contributed by atoms with Crippen LogP contribution < -0.4 is 5.32 Å². The van der Waals surface area contributed by atoms with Gasteiger partial charge in [-0.25, -0.2) is 4.79 Å². The molecule has 0 bridgehead atoms. The van der Waals surface area contributed by atoms with Crippen molar-refractivity contribution < 1.29 is 19.2 Å². The lowest BCUT2D eigenvalue weighted by molar-refractivity contribution is -0.385. The van der Waals surface area contributed by atoms with Gasteiger partial charge in [0.05, 0.1) is 10.5 Å². The number of hydrogen-bond acceptors (Lipinski definition) is 7. The highest BCUT2D eigenvalue weighted by Crippen LogP contribution is 2.27. The number of benzene rings is 2. The Morgan fingerprint density at radius 1 is 1.25 bits per heavy atom. The summed E-state index contributed by atoms with van der Waals surface area (Å²) in [6.45, 7) is 4.50. The predicted octanol–water partition coefficient (Wildman–Crippen LogP) is 3.89. The van der Waals surface area contributed by atoms with E-state index in [1.165, 1.54) is 25.1 Å². The summed E-state index contributed by atoms with van der Waals surface area (Å²) in [5.74, 6) is -1.35. The van der Waals surface area contributed by atoms with E-state index in [9.17, 15) is 19.7 Å². The molecule has 0 aromatic heterocycles. The maximum atomic E-state index is 12.2. The molecule has 8 nitrogen and oxygen atoms in total. The second-order valence-electron chi connectivity index (χ2n) is 5.96. The highest BCUT2D eigenvalue weighted by Gasteiger charge is 2.20. The molecule has 0 aliphatic carbocycles. The molecule has 0 fully saturated rings. The lowest BCUT2D eigenvalue weighted by Crippen LogP contribution is -2.22. The Morgan fingerprint density at radius 2 is 1.89 bits per heavy atom. The van der Waals surface area contributed by atoms with Gasteiger partial charge in [0.25, 0.3) is 11.6 Å². The number of anilines is 1. The summed E-state index contributed by atoms with van der Waals surface area (Å²) in [4.78, 5) is 35.5. The van der Waals surface area contributed by atoms with Crippen molar-refractivity contribution in [3.8, 4) is 5.40 Å². The van der Waals surface area contributed by atoms with Gasteiger partial charge in [-0.3, -0.25) is 14.9 Å². The SMILES string of the molecule is Cc1cc(SC#N)cc(C)c1NC(=O)COC(=O)c1cccc([N+](=O)[O-])c1C. The maximum Gasteiger partial charge on any atom is 0.339 e. The molecule has 0 atom stereocenters. The molecular formula is C19H17N3O5S. The van der Waals surface area contributed by atoms with Crippen molar-refractivity contribution in [1.29, 1.82) is 5.26 Å². The lowest BCUT2D eigenvalue weighted by atomic mass is 10.1. The van der Waals surface area contributed by atoms with Crippen molar-refractivity contribution in [2.45, 2.75) is 25.7 Å². The van der Waals surface area contributed by atoms with E-state index in [2.05, 4.69) is 5.32 Å². The smallest absolute Gasteiger partial charge is 0.339 e. The fraction of sp³-hybridized carbons (Fsp3) is 0.211. The molecule has 0 aliphatic rings. The van der Waals surface area contributed by atoms with Gasteiger partial charge in [-0.1, -0.05) is 6.07 Å². The van der Waals surface area contributed by atoms with Gasteiger partial charge in [0.15, 0.2) is 6.61 Å². The number of carbonyl (C=O) groups excluding carboxylic acids is 2. The Balaban J connectivity index is 2.06. The molecule has 0 aliphatic heterocycles. The van der Waals surface area contributed by atoms with Crippen LogP contribution in [0.15, 0.2) is 35.2 Å². The number of esters is 1. The summed E-state index contributed by atoms with van der Waals surface area (Å²) in [5, 5.41) is 24.4. The lowest BCUT2D eigenvalue weighted by Gasteiger charge is -2.13. The minimum absolute atomic E-state index is 0.0345. The monoisotopic (exact) mass is 399 g/mol. The van der Waals surface area contributed by atoms with E-state index in [4.69, 9.17) is 10.00 Å². The Hall–Kier alpha value is -3.38. The van der Waals surface area contributed by atoms with Crippen molar-refractivity contribution in [2.75, 3.05) is 11.9 Å². The van der Waals surface area contributed by atoms with Gasteiger partial charge in [0, 0.05) is 22.2 Å². The van der Waals surface area contributed by atoms with Crippen LogP contribution in [0.3, 0.4) is 0 Å². The third kappa shape index (κ3) is 4.86. The van der Waals surface area contributed by atoms with Gasteiger partial charge in [-0.2, -0.15) is 5.26 Å². The van der Waals surface area contributed by atoms with Crippen molar-refractivity contribution in [3.63, 3.8) is 0 Å². The summed E-state index contributed by atoms with van der Waals surface area (Å²) in [5.41, 5.74) is 2.14. The number of thiocyanates is 1. The normalized spacial score (nSPS) is 10.1. The van der Waals surface area contributed by atoms with Gasteiger partial charge in [-0.15, -0.1) is 0 Å². The summed E-state index contributed by atoms with van der Waals surface area (Å²) in [6, 6.07) is 7.63. The molecule has 0 radical (unpaired) electrons. The number of nitro groups is 1. The molecule has 1 N–H and O–H groups in total. The minimum Gasteiger partial charge on any atom is -0.452 e. The molecule has 0 spiro atoms. The maximum absolute atomic E-state index is 12.2. The molecule has 2 aromatic carbocycles. The highest BCUT2D eigenvalue weighted by molar-refractivity contribution is 8.03. The number of nitro benzene ring substituents is 1. The first-order valence-corrected chi connectivity index (χ1v) is 8.94. The first-order valence-electron chi connectivity index (χ1n) is 8.12. The van der Waals surface area contributed by atoms with Gasteiger partial charge < -0.3 is 10.1 Å². The molecule has 0 saturated carbocycles. The zero-order valence-electron chi connectivity index (χ0n) is 15.4. The predicted molar refractivity (Wildman–Crippen MR) is 104 cm³/mol. The van der Waals surface area contributed by atoms with Gasteiger partial charge in [0.1, 0.15) is 5.40 Å². The number of nitrogens with zero attached hydrogens (tertiary/aromatic N) is 2. The summed E-state index contributed by atoms with van der Waals surface area (Å²) in [7, 11) is 0. The minimum atomic E-state index is -0.814. The Bertz CT molecular complexity index is 975. The average Bonchev–Trinajstić information content (AvgIpc) is 2.63. The highest BCUT2D eigenvalue weighted by atomic mass is 32.2. The van der Waals surface area contributed by atoms with E-state index in [0.29, 0.717) is 5.69 Å². The molecule has 0 unspecified atom stereocenters. The summed E-state index contributed by atoms with van der Waals surface area (Å²) in [6.07, 6.45) is 0. The van der Waals surface area contributed by atoms with E-state index in [-0.39, 0.29) is 16.8 Å². The summed E-state index contributed by atoms with van der Waals surface area (Å²) < 4.78 is 5.00. The van der Waals surface area contributed by atoms with E-state index < -0.39 is 23.4 Å². The second kappa shape index (κ2) is 9.01. The summed E-state index contributed by atoms with van der Waals surface area (Å²) >= 11 is 1.02. The first-order chi connectivity index (χ1) is 13.2. The Kier molecular flexibility index (Phi) is 6.74. The van der Waals surface area contributed by atoms with Crippen LogP contribution in [0, 0.1) is 41.5 Å². The quantitative estimate of drug-likeness (QED) is 0.257. The van der Waals surface area contributed by atoms with Crippen molar-refractivity contribution in [3.05, 3.63) is 62.7 Å². The van der Waals surface area contributed by atoms with Crippen LogP contribution in [-0.2, 0) is 9.53 Å². The number of carbonyl (C=O) groups is 2. The largest absolute Gasteiger partial charge is 0.452 e. The van der Waals surface area contributed by atoms with Crippen LogP contribution in [0.2, 0.25) is 0 Å². The van der Waals surface area contributed by atoms with Gasteiger partial charge in [-0.05, 0) is 61.9 Å². The molecule has 0 saturated heterocycles. The van der Waals surface area contributed by atoms with Gasteiger partial charge >= 0.3 is 5.97 Å². The topological polar surface area (TPSA) is 122 Å². The first kappa shape index (κ1) is 20.9. The number of amides is 1. The molecule has 2 rings (SSSR count). The molecular weight excluding hydrogens is 382 g/mol. The molecule has 9 heteroatoms. The average molecular weight is 399 g/mol. The number of aryl methyl sites for hydroxylation is 2. The number of rotatable bonds is 6. The van der Waals surface area contributed by atoms with E-state index >= 15 is 0 Å².